The normalized spacial score (nSPS) is 10.4. The number of nitrogens with zero attached hydrogens (tertiary/aromatic N) is 4. The molecular weight excluding hydrogens is 244 g/mol. The highest BCUT2D eigenvalue weighted by Gasteiger charge is 2.18. The van der Waals surface area contributed by atoms with Crippen molar-refractivity contribution in [3.8, 4) is 0 Å². The number of pyridine rings is 1. The minimum atomic E-state index is -0.594. The second-order valence-corrected chi connectivity index (χ2v) is 3.84. The molecule has 0 spiro atoms. The third kappa shape index (κ3) is 2.79. The van der Waals surface area contributed by atoms with E-state index in [4.69, 9.17) is 11.6 Å². The van der Waals surface area contributed by atoms with Crippen LogP contribution in [-0.4, -0.2) is 19.7 Å². The van der Waals surface area contributed by atoms with Gasteiger partial charge in [-0.25, -0.2) is 0 Å². The monoisotopic (exact) mass is 252 g/mol. The van der Waals surface area contributed by atoms with Crippen LogP contribution in [0.5, 0.6) is 0 Å². The van der Waals surface area contributed by atoms with Crippen molar-refractivity contribution in [2.24, 2.45) is 0 Å². The standard InChI is InChI=1S/C10H9ClN4O2/c11-9-7-14(13-10(9)15(16)17)5-3-8-2-1-4-12-6-8/h1-2,4,6-7H,3,5H2. The summed E-state index contributed by atoms with van der Waals surface area (Å²) in [5.41, 5.74) is 1.04. The first-order valence-electron chi connectivity index (χ1n) is 4.93. The summed E-state index contributed by atoms with van der Waals surface area (Å²) in [5, 5.41) is 14.4. The average Bonchev–Trinajstić information content (AvgIpc) is 2.69. The minimum Gasteiger partial charge on any atom is -0.358 e. The first-order valence-corrected chi connectivity index (χ1v) is 5.31. The summed E-state index contributed by atoms with van der Waals surface area (Å²) in [7, 11) is 0. The fraction of sp³-hybridized carbons (Fsp3) is 0.200. The second-order valence-electron chi connectivity index (χ2n) is 3.43. The zero-order valence-corrected chi connectivity index (χ0v) is 9.54. The lowest BCUT2D eigenvalue weighted by Crippen LogP contribution is -2.02. The molecule has 6 nitrogen and oxygen atoms in total. The number of hydrogen-bond donors (Lipinski definition) is 0. The van der Waals surface area contributed by atoms with E-state index in [0.29, 0.717) is 13.0 Å². The molecule has 2 heterocycles. The highest BCUT2D eigenvalue weighted by atomic mass is 35.5. The van der Waals surface area contributed by atoms with Crippen LogP contribution in [0.2, 0.25) is 5.02 Å². The third-order valence-corrected chi connectivity index (χ3v) is 2.49. The number of aryl methyl sites for hydroxylation is 2. The molecule has 0 saturated carbocycles. The summed E-state index contributed by atoms with van der Waals surface area (Å²) >= 11 is 5.68. The molecule has 2 rings (SSSR count). The summed E-state index contributed by atoms with van der Waals surface area (Å²) < 4.78 is 1.47. The molecule has 0 aliphatic carbocycles. The van der Waals surface area contributed by atoms with Gasteiger partial charge in [-0.15, -0.1) is 0 Å². The number of rotatable bonds is 4. The maximum atomic E-state index is 10.5. The van der Waals surface area contributed by atoms with Gasteiger partial charge in [0.2, 0.25) is 0 Å². The van der Waals surface area contributed by atoms with Gasteiger partial charge in [0.1, 0.15) is 0 Å². The minimum absolute atomic E-state index is 0.0567. The van der Waals surface area contributed by atoms with Crippen LogP contribution in [0.15, 0.2) is 30.7 Å². The predicted molar refractivity (Wildman–Crippen MR) is 61.8 cm³/mol. The van der Waals surface area contributed by atoms with Gasteiger partial charge in [0.15, 0.2) is 5.02 Å². The third-order valence-electron chi connectivity index (χ3n) is 2.22. The summed E-state index contributed by atoms with van der Waals surface area (Å²) in [6.07, 6.45) is 5.59. The van der Waals surface area contributed by atoms with Gasteiger partial charge in [0, 0.05) is 12.4 Å². The number of nitro groups is 1. The van der Waals surface area contributed by atoms with Crippen LogP contribution >= 0.6 is 11.6 Å². The number of aromatic nitrogens is 3. The van der Waals surface area contributed by atoms with Crippen molar-refractivity contribution in [3.05, 3.63) is 51.4 Å². The van der Waals surface area contributed by atoms with Crippen LogP contribution in [0, 0.1) is 10.1 Å². The second kappa shape index (κ2) is 4.92. The van der Waals surface area contributed by atoms with E-state index in [9.17, 15) is 10.1 Å². The van der Waals surface area contributed by atoms with Gasteiger partial charge < -0.3 is 10.1 Å². The predicted octanol–water partition coefficient (Wildman–Crippen LogP) is 2.08. The Bertz CT molecular complexity index is 526. The molecule has 0 bridgehead atoms. The molecule has 0 aromatic carbocycles. The van der Waals surface area contributed by atoms with Gasteiger partial charge in [-0.3, -0.25) is 4.98 Å². The first kappa shape index (κ1) is 11.5. The number of halogens is 1. The molecule has 0 saturated heterocycles. The topological polar surface area (TPSA) is 73.8 Å². The summed E-state index contributed by atoms with van der Waals surface area (Å²) in [6, 6.07) is 3.78. The van der Waals surface area contributed by atoms with Crippen molar-refractivity contribution in [2.75, 3.05) is 0 Å². The molecule has 0 radical (unpaired) electrons. The van der Waals surface area contributed by atoms with Crippen LogP contribution in [-0.2, 0) is 13.0 Å². The van der Waals surface area contributed by atoms with Gasteiger partial charge in [0.25, 0.3) is 0 Å². The fourth-order valence-electron chi connectivity index (χ4n) is 1.41. The zero-order chi connectivity index (χ0) is 12.3. The van der Waals surface area contributed by atoms with E-state index < -0.39 is 4.92 Å². The van der Waals surface area contributed by atoms with Crippen LogP contribution in [0.3, 0.4) is 0 Å². The van der Waals surface area contributed by atoms with E-state index in [1.807, 2.05) is 12.1 Å². The Kier molecular flexibility index (Phi) is 3.34. The highest BCUT2D eigenvalue weighted by molar-refractivity contribution is 6.32. The Balaban J connectivity index is 2.05. The quantitative estimate of drug-likeness (QED) is 0.617. The van der Waals surface area contributed by atoms with Crippen LogP contribution in [0.4, 0.5) is 5.82 Å². The maximum absolute atomic E-state index is 10.5. The molecule has 2 aromatic rings. The molecule has 0 N–H and O–H groups in total. The van der Waals surface area contributed by atoms with Gasteiger partial charge in [-0.2, -0.15) is 4.68 Å². The summed E-state index contributed by atoms with van der Waals surface area (Å²) in [4.78, 5) is 13.9. The Labute approximate surface area is 102 Å². The smallest absolute Gasteiger partial charge is 0.358 e. The molecule has 17 heavy (non-hydrogen) atoms. The lowest BCUT2D eigenvalue weighted by atomic mass is 10.2. The Morgan fingerprint density at radius 2 is 2.35 bits per heavy atom. The van der Waals surface area contributed by atoms with Crippen molar-refractivity contribution in [1.82, 2.24) is 14.8 Å². The molecular formula is C10H9ClN4O2. The van der Waals surface area contributed by atoms with Crippen molar-refractivity contribution < 1.29 is 4.92 Å². The summed E-state index contributed by atoms with van der Waals surface area (Å²) in [6.45, 7) is 0.527. The average molecular weight is 253 g/mol. The SMILES string of the molecule is O=[N+]([O-])c1nn(CCc2cccnc2)cc1Cl. The molecule has 7 heteroatoms. The molecule has 0 aliphatic heterocycles. The van der Waals surface area contributed by atoms with Gasteiger partial charge in [0.05, 0.1) is 17.8 Å². The van der Waals surface area contributed by atoms with Gasteiger partial charge in [-0.1, -0.05) is 17.7 Å². The molecule has 0 aliphatic rings. The first-order chi connectivity index (χ1) is 8.16. The molecule has 0 fully saturated rings. The van der Waals surface area contributed by atoms with Crippen molar-refractivity contribution in [2.45, 2.75) is 13.0 Å². The van der Waals surface area contributed by atoms with Crippen LogP contribution in [0.25, 0.3) is 0 Å². The summed E-state index contributed by atoms with van der Waals surface area (Å²) in [5.74, 6) is -0.308. The van der Waals surface area contributed by atoms with E-state index in [1.165, 1.54) is 10.9 Å². The van der Waals surface area contributed by atoms with E-state index >= 15 is 0 Å². The fourth-order valence-corrected chi connectivity index (χ4v) is 1.63. The van der Waals surface area contributed by atoms with Crippen LogP contribution < -0.4 is 0 Å². The molecule has 0 amide bonds. The molecule has 2 aromatic heterocycles. The Morgan fingerprint density at radius 3 is 2.94 bits per heavy atom. The molecule has 88 valence electrons. The highest BCUT2D eigenvalue weighted by Crippen LogP contribution is 2.21. The zero-order valence-electron chi connectivity index (χ0n) is 8.78. The van der Waals surface area contributed by atoms with Crippen LogP contribution in [0.1, 0.15) is 5.56 Å². The Hall–Kier alpha value is -1.95. The van der Waals surface area contributed by atoms with Gasteiger partial charge >= 0.3 is 5.82 Å². The van der Waals surface area contributed by atoms with Crippen molar-refractivity contribution in [1.29, 1.82) is 0 Å². The lowest BCUT2D eigenvalue weighted by Gasteiger charge is -1.97. The van der Waals surface area contributed by atoms with Gasteiger partial charge in [-0.05, 0) is 23.0 Å². The van der Waals surface area contributed by atoms with E-state index in [1.54, 1.807) is 12.4 Å². The largest absolute Gasteiger partial charge is 0.408 e. The van der Waals surface area contributed by atoms with E-state index in [0.717, 1.165) is 5.56 Å². The van der Waals surface area contributed by atoms with E-state index in [2.05, 4.69) is 10.1 Å². The molecule has 0 unspecified atom stereocenters. The lowest BCUT2D eigenvalue weighted by molar-refractivity contribution is -0.389. The number of hydrogen-bond acceptors (Lipinski definition) is 4. The van der Waals surface area contributed by atoms with Crippen molar-refractivity contribution >= 4 is 17.4 Å². The Morgan fingerprint density at radius 1 is 1.53 bits per heavy atom. The van der Waals surface area contributed by atoms with E-state index in [-0.39, 0.29) is 10.8 Å². The maximum Gasteiger partial charge on any atom is 0.408 e. The molecule has 0 atom stereocenters. The van der Waals surface area contributed by atoms with Crippen molar-refractivity contribution in [3.63, 3.8) is 0 Å².